The molecule has 0 saturated carbocycles. The van der Waals surface area contributed by atoms with Gasteiger partial charge in [-0.05, 0) is 155 Å². The topological polar surface area (TPSA) is 418 Å². The first-order valence-electron chi connectivity index (χ1n) is 34.0. The van der Waals surface area contributed by atoms with Crippen molar-refractivity contribution in [1.29, 1.82) is 0 Å². The van der Waals surface area contributed by atoms with Crippen molar-refractivity contribution in [2.24, 2.45) is 35.5 Å². The molecule has 7 aromatic carbocycles. The molecule has 6 N–H and O–H groups in total. The molecule has 0 radical (unpaired) electrons. The van der Waals surface area contributed by atoms with Gasteiger partial charge >= 0.3 is 0 Å². The molecule has 0 fully saturated rings. The summed E-state index contributed by atoms with van der Waals surface area (Å²) in [7, 11) is -22.7. The standard InChI is InChI=1S/C14H15NO3S.C13H14N2O3S.C13H17NO3S.C12H13NO4S.C12H13NO3S2.C11H12N2O3S2/c1-10(2)14(16)15-19(17,18)13-8-7-11-5-3-4-6-12(11)9-13;1-9(2)13(16)15-19(17,18)11-5-6-12-10(8-11)4-3-7-14-12;1-9(2)13(15)14-18(16,17)12-7-6-10-4-3-5-11(10)8-12;2*1-8(2)12(14)13-18(15,16)10-4-3-9-5-6-17-11(9)7-10;1-7(2)11(14)13-18(15,16)8-3-4-9-10(5-8)17-6-12-9/h3-10H,1-2H3,(H,15,16);3-9H,1-2H3,(H,15,16);6-9H,3-5H2,1-2H3,(H,14,15);2*3-8H,1-2H3,(H,13,14);3-7H,1-2H3,(H,13,14). The van der Waals surface area contributed by atoms with E-state index in [1.165, 1.54) is 83.0 Å². The van der Waals surface area contributed by atoms with Gasteiger partial charge in [0.25, 0.3) is 60.1 Å². The monoisotopic (exact) mass is 1660 g/mol. The number of hydrogen-bond acceptors (Lipinski definition) is 23. The molecular formula is C75H84N8O19S8. The van der Waals surface area contributed by atoms with E-state index in [-0.39, 0.29) is 53.0 Å². The first kappa shape index (κ1) is 87.3. The molecule has 0 unspecified atom stereocenters. The van der Waals surface area contributed by atoms with Crippen molar-refractivity contribution in [3.05, 3.63) is 192 Å². The maximum absolute atomic E-state index is 12.1. The first-order chi connectivity index (χ1) is 51.4. The number of benzene rings is 7. The Labute approximate surface area is 647 Å². The number of amides is 6. The summed E-state index contributed by atoms with van der Waals surface area (Å²) in [6.45, 7) is 19.7. The van der Waals surface area contributed by atoms with E-state index in [0.717, 1.165) is 61.3 Å². The highest BCUT2D eigenvalue weighted by Gasteiger charge is 2.27. The third kappa shape index (κ3) is 24.1. The summed E-state index contributed by atoms with van der Waals surface area (Å²) in [5.74, 6) is -5.32. The molecule has 0 aliphatic heterocycles. The van der Waals surface area contributed by atoms with E-state index in [0.29, 0.717) is 16.5 Å². The summed E-state index contributed by atoms with van der Waals surface area (Å²) < 4.78 is 163. The van der Waals surface area contributed by atoms with Gasteiger partial charge in [0.2, 0.25) is 35.4 Å². The van der Waals surface area contributed by atoms with Crippen LogP contribution in [0.1, 0.15) is 101 Å². The number of thiophene rings is 1. The van der Waals surface area contributed by atoms with Crippen molar-refractivity contribution >= 4 is 171 Å². The van der Waals surface area contributed by atoms with E-state index in [1.807, 2.05) is 55.9 Å². The highest BCUT2D eigenvalue weighted by Crippen LogP contribution is 2.28. The van der Waals surface area contributed by atoms with Gasteiger partial charge in [0.15, 0.2) is 0 Å². The van der Waals surface area contributed by atoms with Gasteiger partial charge in [0, 0.05) is 63.2 Å². The van der Waals surface area contributed by atoms with Crippen molar-refractivity contribution in [2.75, 3.05) is 0 Å². The van der Waals surface area contributed by atoms with Crippen LogP contribution in [0.3, 0.4) is 0 Å². The van der Waals surface area contributed by atoms with E-state index in [1.54, 1.807) is 168 Å². The summed E-state index contributed by atoms with van der Waals surface area (Å²) in [6.07, 6.45) is 6.10. The molecular weight excluding hydrogens is 1570 g/mol. The Morgan fingerprint density at radius 2 is 0.709 bits per heavy atom. The second kappa shape index (κ2) is 37.2. The van der Waals surface area contributed by atoms with E-state index in [9.17, 15) is 79.3 Å². The van der Waals surface area contributed by atoms with Crippen LogP contribution in [0.15, 0.2) is 215 Å². The lowest BCUT2D eigenvalue weighted by molar-refractivity contribution is -0.123. The minimum atomic E-state index is -3.83. The van der Waals surface area contributed by atoms with Gasteiger partial charge in [0.1, 0.15) is 5.58 Å². The zero-order valence-electron chi connectivity index (χ0n) is 61.8. The number of carbonyl (C=O) groups excluding carboxylic acids is 6. The highest BCUT2D eigenvalue weighted by molar-refractivity contribution is 7.91. The van der Waals surface area contributed by atoms with Gasteiger partial charge in [-0.25, -0.2) is 83.8 Å². The molecule has 11 aromatic rings. The summed E-state index contributed by atoms with van der Waals surface area (Å²) in [5.41, 5.74) is 5.85. The smallest absolute Gasteiger partial charge is 0.264 e. The molecule has 110 heavy (non-hydrogen) atoms. The first-order valence-corrected chi connectivity index (χ1v) is 44.7. The van der Waals surface area contributed by atoms with Crippen LogP contribution in [0, 0.1) is 35.5 Å². The number of pyridine rings is 1. The van der Waals surface area contributed by atoms with Crippen LogP contribution in [-0.4, -0.2) is 95.9 Å². The van der Waals surface area contributed by atoms with Crippen LogP contribution >= 0.6 is 22.7 Å². The Hall–Kier alpha value is -9.88. The molecule has 586 valence electrons. The van der Waals surface area contributed by atoms with Gasteiger partial charge in [-0.1, -0.05) is 132 Å². The Morgan fingerprint density at radius 1 is 0.336 bits per heavy atom. The van der Waals surface area contributed by atoms with Gasteiger partial charge in [-0.3, -0.25) is 33.8 Å². The molecule has 12 rings (SSSR count). The number of carbonyl (C=O) groups is 6. The van der Waals surface area contributed by atoms with Crippen LogP contribution in [0.4, 0.5) is 0 Å². The summed E-state index contributed by atoms with van der Waals surface area (Å²) in [5, 5.41) is 6.19. The summed E-state index contributed by atoms with van der Waals surface area (Å²) in [4.78, 5) is 77.5. The molecule has 27 nitrogen and oxygen atoms in total. The molecule has 4 heterocycles. The van der Waals surface area contributed by atoms with Crippen molar-refractivity contribution in [3.8, 4) is 0 Å². The molecule has 0 bridgehead atoms. The molecule has 1 aliphatic rings. The van der Waals surface area contributed by atoms with Gasteiger partial charge in [0.05, 0.1) is 56.9 Å². The number of nitrogens with zero attached hydrogens (tertiary/aromatic N) is 2. The lowest BCUT2D eigenvalue weighted by atomic mass is 10.1. The minimum Gasteiger partial charge on any atom is -0.464 e. The highest BCUT2D eigenvalue weighted by atomic mass is 32.2. The third-order valence-corrected chi connectivity index (χ3v) is 25.7. The van der Waals surface area contributed by atoms with Crippen molar-refractivity contribution in [2.45, 2.75) is 132 Å². The van der Waals surface area contributed by atoms with Gasteiger partial charge < -0.3 is 4.42 Å². The SMILES string of the molecule is CC(C)C(=O)NS(=O)(=O)c1ccc2c(c1)CCC2.CC(C)C(=O)NS(=O)(=O)c1ccc2ccccc2c1.CC(C)C(=O)NS(=O)(=O)c1ccc2ccoc2c1.CC(C)C(=O)NS(=O)(=O)c1ccc2ccsc2c1.CC(C)C(=O)NS(=O)(=O)c1ccc2ncccc2c1.CC(C)C(=O)NS(=O)(=O)c1ccc2ncsc2c1. The second-order valence-electron chi connectivity index (χ2n) is 26.6. The number of rotatable bonds is 18. The number of thiazole rings is 1. The fraction of sp³-hybridized carbons (Fsp3) is 0.280. The number of hydrogen-bond donors (Lipinski definition) is 6. The lowest BCUT2D eigenvalue weighted by Crippen LogP contribution is -2.33. The number of aromatic nitrogens is 2. The minimum absolute atomic E-state index is 0.0129. The zero-order chi connectivity index (χ0) is 81.4. The predicted molar refractivity (Wildman–Crippen MR) is 423 cm³/mol. The maximum atomic E-state index is 12.1. The van der Waals surface area contributed by atoms with Crippen molar-refractivity contribution < 1.29 is 83.7 Å². The summed E-state index contributed by atoms with van der Waals surface area (Å²) in [6, 6.07) is 42.9. The number of sulfonamides is 6. The summed E-state index contributed by atoms with van der Waals surface area (Å²) >= 11 is 2.82. The van der Waals surface area contributed by atoms with Crippen LogP contribution in [0.2, 0.25) is 0 Å². The normalized spacial score (nSPS) is 12.3. The molecule has 0 spiro atoms. The molecule has 35 heteroatoms. The molecule has 0 atom stereocenters. The Balaban J connectivity index is 0.000000184. The van der Waals surface area contributed by atoms with Crippen LogP contribution in [0.25, 0.3) is 52.9 Å². The largest absolute Gasteiger partial charge is 0.464 e. The fourth-order valence-corrected chi connectivity index (χ4v) is 17.9. The number of furan rings is 1. The quantitative estimate of drug-likeness (QED) is 0.0464. The Morgan fingerprint density at radius 3 is 1.19 bits per heavy atom. The van der Waals surface area contributed by atoms with E-state index in [2.05, 4.69) is 24.1 Å². The Bertz CT molecular complexity index is 5540. The zero-order valence-corrected chi connectivity index (χ0v) is 68.4. The molecule has 6 amide bonds. The average molecular weight is 1660 g/mol. The lowest BCUT2D eigenvalue weighted by Gasteiger charge is -2.10. The number of aryl methyl sites for hydroxylation is 2. The van der Waals surface area contributed by atoms with Crippen LogP contribution in [-0.2, 0) is 102 Å². The van der Waals surface area contributed by atoms with Crippen LogP contribution < -0.4 is 28.3 Å². The molecule has 4 aromatic heterocycles. The van der Waals surface area contributed by atoms with Gasteiger partial charge in [-0.15, -0.1) is 22.7 Å². The number of nitrogens with one attached hydrogen (secondary N) is 6. The second-order valence-corrected chi connectivity index (χ2v) is 38.5. The molecule has 1 aliphatic carbocycles. The van der Waals surface area contributed by atoms with Gasteiger partial charge in [-0.2, -0.15) is 0 Å². The maximum Gasteiger partial charge on any atom is 0.264 e. The van der Waals surface area contributed by atoms with Crippen molar-refractivity contribution in [1.82, 2.24) is 38.3 Å². The average Bonchev–Trinajstić information content (AvgIpc) is 0.851. The molecule has 0 saturated heterocycles. The van der Waals surface area contributed by atoms with E-state index < -0.39 is 107 Å². The van der Waals surface area contributed by atoms with Crippen LogP contribution in [0.5, 0.6) is 0 Å². The number of fused-ring (bicyclic) bond motifs is 6. The van der Waals surface area contributed by atoms with E-state index >= 15 is 0 Å². The predicted octanol–water partition coefficient (Wildman–Crippen LogP) is 11.6. The fourth-order valence-electron chi connectivity index (χ4n) is 9.33. The third-order valence-electron chi connectivity index (χ3n) is 15.9. The Kier molecular flexibility index (Phi) is 29.6. The van der Waals surface area contributed by atoms with E-state index in [4.69, 9.17) is 4.42 Å². The van der Waals surface area contributed by atoms with Crippen molar-refractivity contribution in [3.63, 3.8) is 0 Å².